The molecular formula is C10H19NO. The van der Waals surface area contributed by atoms with Crippen LogP contribution in [0, 0.1) is 11.8 Å². The van der Waals surface area contributed by atoms with Crippen molar-refractivity contribution in [3.05, 3.63) is 0 Å². The zero-order valence-electron chi connectivity index (χ0n) is 8.03. The lowest BCUT2D eigenvalue weighted by atomic mass is 9.66. The summed E-state index contributed by atoms with van der Waals surface area (Å²) in [4.78, 5) is 2.21. The number of nitrogens with zero attached hydrogens (tertiary/aromatic N) is 1. The summed E-state index contributed by atoms with van der Waals surface area (Å²) >= 11 is 0. The predicted molar refractivity (Wildman–Crippen MR) is 48.9 cm³/mol. The van der Waals surface area contributed by atoms with Crippen molar-refractivity contribution in [3.8, 4) is 0 Å². The Morgan fingerprint density at radius 2 is 1.50 bits per heavy atom. The van der Waals surface area contributed by atoms with Crippen LogP contribution in [-0.2, 0) is 0 Å². The molecule has 0 aromatic carbocycles. The van der Waals surface area contributed by atoms with Gasteiger partial charge in [-0.05, 0) is 51.6 Å². The molecule has 3 saturated carbocycles. The highest BCUT2D eigenvalue weighted by atomic mass is 16.3. The summed E-state index contributed by atoms with van der Waals surface area (Å²) in [5, 5.41) is 9.99. The standard InChI is InChI=1S/C10H19NO/c1-11(2)9-7-3-5-8(6-4-7)10(9)12/h7-10,12H,3-6H2,1-2H3. The zero-order valence-corrected chi connectivity index (χ0v) is 8.03. The first-order valence-corrected chi connectivity index (χ1v) is 5.04. The summed E-state index contributed by atoms with van der Waals surface area (Å²) in [5.41, 5.74) is 0. The topological polar surface area (TPSA) is 23.5 Å². The molecule has 2 nitrogen and oxygen atoms in total. The summed E-state index contributed by atoms with van der Waals surface area (Å²) in [7, 11) is 4.18. The normalized spacial score (nSPS) is 47.0. The number of hydrogen-bond acceptors (Lipinski definition) is 2. The molecular weight excluding hydrogens is 150 g/mol. The van der Waals surface area contributed by atoms with Gasteiger partial charge < -0.3 is 10.0 Å². The molecule has 0 aliphatic heterocycles. The molecule has 3 aliphatic carbocycles. The Hall–Kier alpha value is -0.0800. The first-order chi connectivity index (χ1) is 5.70. The van der Waals surface area contributed by atoms with E-state index in [-0.39, 0.29) is 6.10 Å². The molecule has 3 fully saturated rings. The van der Waals surface area contributed by atoms with E-state index in [1.54, 1.807) is 0 Å². The number of aliphatic hydroxyl groups excluding tert-OH is 1. The molecule has 0 spiro atoms. The highest BCUT2D eigenvalue weighted by Crippen LogP contribution is 2.42. The average molecular weight is 169 g/mol. The van der Waals surface area contributed by atoms with Crippen LogP contribution >= 0.6 is 0 Å². The fraction of sp³-hybridized carbons (Fsp3) is 1.00. The Kier molecular flexibility index (Phi) is 2.13. The van der Waals surface area contributed by atoms with E-state index < -0.39 is 0 Å². The highest BCUT2D eigenvalue weighted by molar-refractivity contribution is 4.96. The maximum atomic E-state index is 9.99. The van der Waals surface area contributed by atoms with Crippen LogP contribution < -0.4 is 0 Å². The first kappa shape index (κ1) is 8.52. The maximum Gasteiger partial charge on any atom is 0.0725 e. The molecule has 2 heteroatoms. The van der Waals surface area contributed by atoms with Crippen molar-refractivity contribution in [1.29, 1.82) is 0 Å². The van der Waals surface area contributed by atoms with Gasteiger partial charge in [0.2, 0.25) is 0 Å². The predicted octanol–water partition coefficient (Wildman–Crippen LogP) is 1.10. The Balaban J connectivity index is 2.12. The zero-order chi connectivity index (χ0) is 8.72. The second kappa shape index (κ2) is 3.00. The fourth-order valence-electron chi connectivity index (χ4n) is 3.11. The van der Waals surface area contributed by atoms with Crippen LogP contribution in [0.3, 0.4) is 0 Å². The SMILES string of the molecule is CN(C)C1C2CCC(CC2)C1O. The van der Waals surface area contributed by atoms with Crippen LogP contribution in [-0.4, -0.2) is 36.2 Å². The minimum atomic E-state index is -0.0486. The summed E-state index contributed by atoms with van der Waals surface area (Å²) in [5.74, 6) is 1.36. The third-order valence-electron chi connectivity index (χ3n) is 3.73. The van der Waals surface area contributed by atoms with Crippen LogP contribution in [0.25, 0.3) is 0 Å². The molecule has 0 saturated heterocycles. The molecule has 12 heavy (non-hydrogen) atoms. The van der Waals surface area contributed by atoms with Crippen LogP contribution in [0.2, 0.25) is 0 Å². The third kappa shape index (κ3) is 1.17. The monoisotopic (exact) mass is 169 g/mol. The van der Waals surface area contributed by atoms with Crippen molar-refractivity contribution >= 4 is 0 Å². The lowest BCUT2D eigenvalue weighted by molar-refractivity contribution is -0.0674. The quantitative estimate of drug-likeness (QED) is 0.635. The molecule has 0 heterocycles. The number of aliphatic hydroxyl groups is 1. The molecule has 1 N–H and O–H groups in total. The van der Waals surface area contributed by atoms with Crippen molar-refractivity contribution in [2.24, 2.45) is 11.8 Å². The van der Waals surface area contributed by atoms with Crippen LogP contribution in [0.4, 0.5) is 0 Å². The van der Waals surface area contributed by atoms with E-state index in [4.69, 9.17) is 0 Å². The molecule has 70 valence electrons. The van der Waals surface area contributed by atoms with Gasteiger partial charge in [-0.1, -0.05) is 0 Å². The van der Waals surface area contributed by atoms with Crippen LogP contribution in [0.15, 0.2) is 0 Å². The van der Waals surface area contributed by atoms with E-state index in [1.165, 1.54) is 25.7 Å². The van der Waals surface area contributed by atoms with Crippen molar-refractivity contribution < 1.29 is 5.11 Å². The highest BCUT2D eigenvalue weighted by Gasteiger charge is 2.43. The first-order valence-electron chi connectivity index (χ1n) is 5.04. The minimum Gasteiger partial charge on any atom is -0.391 e. The molecule has 2 bridgehead atoms. The lowest BCUT2D eigenvalue weighted by Gasteiger charge is -2.48. The van der Waals surface area contributed by atoms with E-state index in [2.05, 4.69) is 19.0 Å². The summed E-state index contributed by atoms with van der Waals surface area (Å²) in [6.45, 7) is 0. The minimum absolute atomic E-state index is 0.0486. The summed E-state index contributed by atoms with van der Waals surface area (Å²) in [6.07, 6.45) is 5.15. The van der Waals surface area contributed by atoms with Crippen molar-refractivity contribution in [2.45, 2.75) is 37.8 Å². The van der Waals surface area contributed by atoms with Gasteiger partial charge in [0, 0.05) is 6.04 Å². The van der Waals surface area contributed by atoms with Crippen LogP contribution in [0.1, 0.15) is 25.7 Å². The second-order valence-electron chi connectivity index (χ2n) is 4.62. The van der Waals surface area contributed by atoms with Gasteiger partial charge in [-0.25, -0.2) is 0 Å². The average Bonchev–Trinajstić information content (AvgIpc) is 2.05. The van der Waals surface area contributed by atoms with E-state index in [0.717, 1.165) is 5.92 Å². The van der Waals surface area contributed by atoms with E-state index in [9.17, 15) is 5.11 Å². The van der Waals surface area contributed by atoms with Gasteiger partial charge in [0.25, 0.3) is 0 Å². The van der Waals surface area contributed by atoms with E-state index >= 15 is 0 Å². The molecule has 2 unspecified atom stereocenters. The van der Waals surface area contributed by atoms with Crippen molar-refractivity contribution in [3.63, 3.8) is 0 Å². The Morgan fingerprint density at radius 3 is 1.83 bits per heavy atom. The van der Waals surface area contributed by atoms with Gasteiger partial charge in [-0.15, -0.1) is 0 Å². The van der Waals surface area contributed by atoms with E-state index in [0.29, 0.717) is 12.0 Å². The molecule has 0 aromatic rings. The van der Waals surface area contributed by atoms with E-state index in [1.807, 2.05) is 0 Å². The van der Waals surface area contributed by atoms with Gasteiger partial charge in [-0.2, -0.15) is 0 Å². The number of hydrogen-bond donors (Lipinski definition) is 1. The van der Waals surface area contributed by atoms with Crippen molar-refractivity contribution in [2.75, 3.05) is 14.1 Å². The molecule has 0 aromatic heterocycles. The summed E-state index contributed by atoms with van der Waals surface area (Å²) < 4.78 is 0. The van der Waals surface area contributed by atoms with Gasteiger partial charge >= 0.3 is 0 Å². The second-order valence-corrected chi connectivity index (χ2v) is 4.62. The smallest absolute Gasteiger partial charge is 0.0725 e. The number of likely N-dealkylation sites (N-methyl/N-ethyl adjacent to an activating group) is 1. The molecule has 0 amide bonds. The van der Waals surface area contributed by atoms with Crippen LogP contribution in [0.5, 0.6) is 0 Å². The Morgan fingerprint density at radius 1 is 1.00 bits per heavy atom. The molecule has 3 rings (SSSR count). The molecule has 0 radical (unpaired) electrons. The Bertz CT molecular complexity index is 159. The largest absolute Gasteiger partial charge is 0.391 e. The number of fused-ring (bicyclic) bond motifs is 3. The van der Waals surface area contributed by atoms with Gasteiger partial charge in [0.15, 0.2) is 0 Å². The van der Waals surface area contributed by atoms with Gasteiger partial charge in [0.05, 0.1) is 6.10 Å². The van der Waals surface area contributed by atoms with Gasteiger partial charge in [-0.3, -0.25) is 0 Å². The van der Waals surface area contributed by atoms with Gasteiger partial charge in [0.1, 0.15) is 0 Å². The summed E-state index contributed by atoms with van der Waals surface area (Å²) in [6, 6.07) is 0.442. The molecule has 3 aliphatic rings. The maximum absolute atomic E-state index is 9.99. The molecule has 2 atom stereocenters. The Labute approximate surface area is 74.6 Å². The van der Waals surface area contributed by atoms with Crippen molar-refractivity contribution in [1.82, 2.24) is 4.90 Å². The lowest BCUT2D eigenvalue weighted by Crippen LogP contribution is -2.54. The third-order valence-corrected chi connectivity index (χ3v) is 3.73. The fourth-order valence-corrected chi connectivity index (χ4v) is 3.11. The number of rotatable bonds is 1.